The van der Waals surface area contributed by atoms with Crippen LogP contribution in [0, 0.1) is 5.41 Å². The van der Waals surface area contributed by atoms with Gasteiger partial charge in [0.1, 0.15) is 0 Å². The quantitative estimate of drug-likeness (QED) is 0.901. The average molecular weight is 274 g/mol. The van der Waals surface area contributed by atoms with Gasteiger partial charge in [-0.15, -0.1) is 0 Å². The molecule has 0 bridgehead atoms. The minimum absolute atomic E-state index is 0.154. The van der Waals surface area contributed by atoms with Gasteiger partial charge in [-0.2, -0.15) is 0 Å². The Labute approximate surface area is 122 Å². The molecule has 1 aromatic rings. The number of carbonyl (C=O) groups is 1. The molecule has 1 amide bonds. The first-order valence-corrected chi connectivity index (χ1v) is 7.38. The van der Waals surface area contributed by atoms with E-state index < -0.39 is 11.0 Å². The summed E-state index contributed by atoms with van der Waals surface area (Å²) >= 11 is 0. The first-order chi connectivity index (χ1) is 9.23. The van der Waals surface area contributed by atoms with Crippen molar-refractivity contribution in [2.24, 2.45) is 11.1 Å². The van der Waals surface area contributed by atoms with Gasteiger partial charge in [0.2, 0.25) is 5.91 Å². The summed E-state index contributed by atoms with van der Waals surface area (Å²) in [5.74, 6) is 0.154. The summed E-state index contributed by atoms with van der Waals surface area (Å²) in [5, 5.41) is 0. The smallest absolute Gasteiger partial charge is 0.230 e. The van der Waals surface area contributed by atoms with E-state index in [0.29, 0.717) is 6.54 Å². The van der Waals surface area contributed by atoms with Crippen molar-refractivity contribution in [1.29, 1.82) is 0 Å². The fourth-order valence-electron chi connectivity index (χ4n) is 2.54. The molecule has 110 valence electrons. The summed E-state index contributed by atoms with van der Waals surface area (Å²) < 4.78 is 0. The van der Waals surface area contributed by atoms with E-state index in [4.69, 9.17) is 5.73 Å². The highest BCUT2D eigenvalue weighted by Gasteiger charge is 2.42. The summed E-state index contributed by atoms with van der Waals surface area (Å²) in [5.41, 5.74) is 7.75. The highest BCUT2D eigenvalue weighted by molar-refractivity contribution is 5.83. The van der Waals surface area contributed by atoms with Gasteiger partial charge in [0.25, 0.3) is 0 Å². The zero-order valence-corrected chi connectivity index (χ0v) is 13.1. The Morgan fingerprint density at radius 3 is 2.35 bits per heavy atom. The SMILES string of the molecule is CC(C)(N)C(C)(C)C(=O)N1CCCc2ccccc2C1. The lowest BCUT2D eigenvalue weighted by atomic mass is 9.74. The third-order valence-corrected chi connectivity index (χ3v) is 4.79. The second-order valence-electron chi connectivity index (χ2n) is 6.95. The second kappa shape index (κ2) is 5.21. The van der Waals surface area contributed by atoms with E-state index in [2.05, 4.69) is 18.2 Å². The van der Waals surface area contributed by atoms with Gasteiger partial charge in [0, 0.05) is 18.6 Å². The number of fused-ring (bicyclic) bond motifs is 1. The van der Waals surface area contributed by atoms with E-state index in [-0.39, 0.29) is 5.91 Å². The molecule has 20 heavy (non-hydrogen) atoms. The van der Waals surface area contributed by atoms with E-state index >= 15 is 0 Å². The fourth-order valence-corrected chi connectivity index (χ4v) is 2.54. The van der Waals surface area contributed by atoms with Crippen LogP contribution in [0.2, 0.25) is 0 Å². The van der Waals surface area contributed by atoms with Crippen molar-refractivity contribution in [2.75, 3.05) is 6.54 Å². The highest BCUT2D eigenvalue weighted by atomic mass is 16.2. The lowest BCUT2D eigenvalue weighted by Gasteiger charge is -2.40. The number of rotatable bonds is 2. The van der Waals surface area contributed by atoms with Crippen LogP contribution in [0.15, 0.2) is 24.3 Å². The third-order valence-electron chi connectivity index (χ3n) is 4.79. The van der Waals surface area contributed by atoms with Crippen molar-refractivity contribution in [3.05, 3.63) is 35.4 Å². The predicted octanol–water partition coefficient (Wildman–Crippen LogP) is 2.72. The Morgan fingerprint density at radius 1 is 1.15 bits per heavy atom. The summed E-state index contributed by atoms with van der Waals surface area (Å²) in [6, 6.07) is 8.41. The van der Waals surface area contributed by atoms with Gasteiger partial charge in [0.05, 0.1) is 5.41 Å². The molecule has 0 atom stereocenters. The molecule has 3 nitrogen and oxygen atoms in total. The molecule has 0 saturated carbocycles. The van der Waals surface area contributed by atoms with Gasteiger partial charge >= 0.3 is 0 Å². The van der Waals surface area contributed by atoms with Crippen molar-refractivity contribution in [1.82, 2.24) is 4.90 Å². The summed E-state index contributed by atoms with van der Waals surface area (Å²) in [6.07, 6.45) is 2.07. The van der Waals surface area contributed by atoms with Crippen LogP contribution in [0.1, 0.15) is 45.2 Å². The molecule has 2 rings (SSSR count). The summed E-state index contributed by atoms with van der Waals surface area (Å²) in [6.45, 7) is 9.27. The molecule has 3 heteroatoms. The van der Waals surface area contributed by atoms with Crippen molar-refractivity contribution in [2.45, 2.75) is 52.6 Å². The number of nitrogens with zero attached hydrogens (tertiary/aromatic N) is 1. The summed E-state index contributed by atoms with van der Waals surface area (Å²) in [4.78, 5) is 14.8. The van der Waals surface area contributed by atoms with Crippen molar-refractivity contribution in [3.8, 4) is 0 Å². The predicted molar refractivity (Wildman–Crippen MR) is 82.2 cm³/mol. The largest absolute Gasteiger partial charge is 0.338 e. The Bertz CT molecular complexity index is 500. The monoisotopic (exact) mass is 274 g/mol. The van der Waals surface area contributed by atoms with Gasteiger partial charge in [-0.3, -0.25) is 4.79 Å². The van der Waals surface area contributed by atoms with E-state index in [9.17, 15) is 4.79 Å². The zero-order valence-electron chi connectivity index (χ0n) is 13.1. The number of amides is 1. The minimum atomic E-state index is -0.563. The molecule has 0 radical (unpaired) electrons. The van der Waals surface area contributed by atoms with Gasteiger partial charge in [0.15, 0.2) is 0 Å². The Kier molecular flexibility index (Phi) is 3.92. The molecule has 0 unspecified atom stereocenters. The van der Waals surface area contributed by atoms with Crippen molar-refractivity contribution in [3.63, 3.8) is 0 Å². The van der Waals surface area contributed by atoms with Crippen LogP contribution in [-0.4, -0.2) is 22.9 Å². The maximum Gasteiger partial charge on any atom is 0.230 e. The molecule has 1 heterocycles. The first kappa shape index (κ1) is 15.0. The Morgan fingerprint density at radius 2 is 1.75 bits per heavy atom. The Balaban J connectivity index is 2.24. The maximum atomic E-state index is 12.9. The number of hydrogen-bond acceptors (Lipinski definition) is 2. The van der Waals surface area contributed by atoms with Crippen LogP contribution in [0.3, 0.4) is 0 Å². The van der Waals surface area contributed by atoms with Crippen LogP contribution in [0.4, 0.5) is 0 Å². The number of nitrogens with two attached hydrogens (primary N) is 1. The van der Waals surface area contributed by atoms with Gasteiger partial charge in [-0.25, -0.2) is 0 Å². The third kappa shape index (κ3) is 2.73. The molecule has 1 aliphatic rings. The van der Waals surface area contributed by atoms with Crippen molar-refractivity contribution < 1.29 is 4.79 Å². The molecule has 2 N–H and O–H groups in total. The van der Waals surface area contributed by atoms with Crippen LogP contribution >= 0.6 is 0 Å². The lowest BCUT2D eigenvalue weighted by Crippen LogP contribution is -2.56. The number of hydrogen-bond donors (Lipinski definition) is 1. The van der Waals surface area contributed by atoms with Crippen LogP contribution < -0.4 is 5.73 Å². The van der Waals surface area contributed by atoms with E-state index in [1.165, 1.54) is 11.1 Å². The number of carbonyl (C=O) groups excluding carboxylic acids is 1. The van der Waals surface area contributed by atoms with Crippen molar-refractivity contribution >= 4 is 5.91 Å². The normalized spacial score (nSPS) is 16.6. The maximum absolute atomic E-state index is 12.9. The van der Waals surface area contributed by atoms with Gasteiger partial charge in [-0.1, -0.05) is 24.3 Å². The Hall–Kier alpha value is -1.35. The average Bonchev–Trinajstić information content (AvgIpc) is 2.58. The number of aryl methyl sites for hydroxylation is 1. The molecule has 0 saturated heterocycles. The zero-order chi connectivity index (χ0) is 15.0. The van der Waals surface area contributed by atoms with Gasteiger partial charge < -0.3 is 10.6 Å². The van der Waals surface area contributed by atoms with Crippen LogP contribution in [0.5, 0.6) is 0 Å². The molecule has 0 spiro atoms. The fraction of sp³-hybridized carbons (Fsp3) is 0.588. The molecule has 0 fully saturated rings. The number of benzene rings is 1. The minimum Gasteiger partial charge on any atom is -0.338 e. The highest BCUT2D eigenvalue weighted by Crippen LogP contribution is 2.32. The second-order valence-corrected chi connectivity index (χ2v) is 6.95. The topological polar surface area (TPSA) is 46.3 Å². The molecule has 0 aliphatic carbocycles. The van der Waals surface area contributed by atoms with Crippen LogP contribution in [-0.2, 0) is 17.8 Å². The molecule has 1 aromatic carbocycles. The lowest BCUT2D eigenvalue weighted by molar-refractivity contribution is -0.144. The molecular weight excluding hydrogens is 248 g/mol. The van der Waals surface area contributed by atoms with E-state index in [1.54, 1.807) is 0 Å². The molecule has 0 aromatic heterocycles. The summed E-state index contributed by atoms with van der Waals surface area (Å²) in [7, 11) is 0. The first-order valence-electron chi connectivity index (χ1n) is 7.38. The molecular formula is C17H26N2O. The standard InChI is InChI=1S/C17H26N2O/c1-16(2,17(3,4)18)15(20)19-11-7-10-13-8-5-6-9-14(13)12-19/h5-6,8-9H,7,10-12,18H2,1-4H3. The van der Waals surface area contributed by atoms with E-state index in [0.717, 1.165) is 19.4 Å². The van der Waals surface area contributed by atoms with Gasteiger partial charge in [-0.05, 0) is 51.7 Å². The van der Waals surface area contributed by atoms with E-state index in [1.807, 2.05) is 38.7 Å². The van der Waals surface area contributed by atoms with Crippen LogP contribution in [0.25, 0.3) is 0 Å². The molecule has 1 aliphatic heterocycles.